The Morgan fingerprint density at radius 1 is 1.07 bits per heavy atom. The maximum absolute atomic E-state index is 13.4. The second-order valence-corrected chi connectivity index (χ2v) is 9.23. The Labute approximate surface area is 165 Å². The maximum Gasteiger partial charge on any atom is 0.264 e. The van der Waals surface area contributed by atoms with Crippen LogP contribution in [-0.2, 0) is 14.8 Å². The molecule has 1 heterocycles. The van der Waals surface area contributed by atoms with Gasteiger partial charge in [-0.05, 0) is 62.1 Å². The molecule has 0 atom stereocenters. The zero-order chi connectivity index (χ0) is 20.3. The van der Waals surface area contributed by atoms with Crippen LogP contribution in [0.4, 0.5) is 10.1 Å². The molecule has 0 radical (unpaired) electrons. The lowest BCUT2D eigenvalue weighted by atomic mass is 9.99. The highest BCUT2D eigenvalue weighted by Crippen LogP contribution is 2.25. The van der Waals surface area contributed by atoms with E-state index >= 15 is 0 Å². The Morgan fingerprint density at radius 3 is 2.21 bits per heavy atom. The van der Waals surface area contributed by atoms with Crippen LogP contribution >= 0.6 is 0 Å². The van der Waals surface area contributed by atoms with Crippen molar-refractivity contribution in [2.75, 3.05) is 23.9 Å². The highest BCUT2D eigenvalue weighted by atomic mass is 32.2. The van der Waals surface area contributed by atoms with E-state index < -0.39 is 15.8 Å². The van der Waals surface area contributed by atoms with Gasteiger partial charge in [0.1, 0.15) is 12.4 Å². The summed E-state index contributed by atoms with van der Waals surface area (Å²) >= 11 is 0. The molecule has 1 amide bonds. The summed E-state index contributed by atoms with van der Waals surface area (Å²) in [6.45, 7) is 4.96. The van der Waals surface area contributed by atoms with Crippen LogP contribution in [0.15, 0.2) is 53.4 Å². The van der Waals surface area contributed by atoms with Gasteiger partial charge in [0, 0.05) is 13.1 Å². The Bertz CT molecular complexity index is 919. The standard InChI is InChI=1S/C21H25FN2O3S/c1-16-3-9-20(10-4-16)28(26,27)24(19-7-5-18(22)6-8-19)15-21(25)23-13-11-17(2)12-14-23/h3-10,17H,11-15H2,1-2H3. The molecule has 28 heavy (non-hydrogen) atoms. The van der Waals surface area contributed by atoms with Crippen LogP contribution in [0.1, 0.15) is 25.3 Å². The van der Waals surface area contributed by atoms with Gasteiger partial charge >= 0.3 is 0 Å². The van der Waals surface area contributed by atoms with Crippen LogP contribution in [0.2, 0.25) is 0 Å². The van der Waals surface area contributed by atoms with Gasteiger partial charge in [0.15, 0.2) is 0 Å². The van der Waals surface area contributed by atoms with Gasteiger partial charge in [0.25, 0.3) is 10.0 Å². The second kappa shape index (κ2) is 8.31. The lowest BCUT2D eigenvalue weighted by molar-refractivity contribution is -0.130. The number of hydrogen-bond acceptors (Lipinski definition) is 3. The predicted molar refractivity (Wildman–Crippen MR) is 107 cm³/mol. The van der Waals surface area contributed by atoms with E-state index in [1.807, 2.05) is 6.92 Å². The number of rotatable bonds is 5. The fraction of sp³-hybridized carbons (Fsp3) is 0.381. The van der Waals surface area contributed by atoms with Gasteiger partial charge in [0.2, 0.25) is 5.91 Å². The molecule has 1 aliphatic heterocycles. The minimum Gasteiger partial charge on any atom is -0.341 e. The molecule has 150 valence electrons. The van der Waals surface area contributed by atoms with Crippen molar-refractivity contribution in [3.8, 4) is 0 Å². The van der Waals surface area contributed by atoms with Crippen molar-refractivity contribution in [3.63, 3.8) is 0 Å². The molecule has 5 nitrogen and oxygen atoms in total. The summed E-state index contributed by atoms with van der Waals surface area (Å²) in [6, 6.07) is 11.6. The van der Waals surface area contributed by atoms with E-state index in [1.54, 1.807) is 17.0 Å². The largest absolute Gasteiger partial charge is 0.341 e. The molecule has 2 aromatic carbocycles. The maximum atomic E-state index is 13.4. The van der Waals surface area contributed by atoms with Crippen LogP contribution in [-0.4, -0.2) is 38.9 Å². The fourth-order valence-corrected chi connectivity index (χ4v) is 4.65. The third-order valence-corrected chi connectivity index (χ3v) is 6.93. The minimum atomic E-state index is -3.96. The molecular weight excluding hydrogens is 379 g/mol. The fourth-order valence-electron chi connectivity index (χ4n) is 3.24. The summed E-state index contributed by atoms with van der Waals surface area (Å²) in [7, 11) is -3.96. The molecule has 1 aliphatic rings. The number of sulfonamides is 1. The van der Waals surface area contributed by atoms with Gasteiger partial charge in [-0.2, -0.15) is 0 Å². The van der Waals surface area contributed by atoms with E-state index in [4.69, 9.17) is 0 Å². The number of carbonyl (C=O) groups excluding carboxylic acids is 1. The van der Waals surface area contributed by atoms with Crippen LogP contribution in [0.5, 0.6) is 0 Å². The zero-order valence-electron chi connectivity index (χ0n) is 16.1. The zero-order valence-corrected chi connectivity index (χ0v) is 17.0. The molecule has 0 N–H and O–H groups in total. The van der Waals surface area contributed by atoms with E-state index in [0.29, 0.717) is 19.0 Å². The molecule has 0 aromatic heterocycles. The Hall–Kier alpha value is -2.41. The number of likely N-dealkylation sites (tertiary alicyclic amines) is 1. The summed E-state index contributed by atoms with van der Waals surface area (Å²) in [4.78, 5) is 14.6. The van der Waals surface area contributed by atoms with Gasteiger partial charge in [-0.15, -0.1) is 0 Å². The van der Waals surface area contributed by atoms with E-state index in [2.05, 4.69) is 6.92 Å². The van der Waals surface area contributed by atoms with Gasteiger partial charge in [-0.25, -0.2) is 12.8 Å². The summed E-state index contributed by atoms with van der Waals surface area (Å²) < 4.78 is 40.9. The number of nitrogens with zero attached hydrogens (tertiary/aromatic N) is 2. The molecule has 0 aliphatic carbocycles. The van der Waals surface area contributed by atoms with Crippen molar-refractivity contribution in [3.05, 3.63) is 59.9 Å². The van der Waals surface area contributed by atoms with Gasteiger partial charge in [-0.1, -0.05) is 24.6 Å². The van der Waals surface area contributed by atoms with Crippen molar-refractivity contribution >= 4 is 21.6 Å². The summed E-state index contributed by atoms with van der Waals surface area (Å²) in [6.07, 6.45) is 1.82. The molecule has 7 heteroatoms. The van der Waals surface area contributed by atoms with E-state index in [-0.39, 0.29) is 23.0 Å². The smallest absolute Gasteiger partial charge is 0.264 e. The average molecular weight is 405 g/mol. The summed E-state index contributed by atoms with van der Waals surface area (Å²) in [5.41, 5.74) is 1.20. The number of hydrogen-bond donors (Lipinski definition) is 0. The van der Waals surface area contributed by atoms with Gasteiger partial charge < -0.3 is 4.90 Å². The number of amides is 1. The van der Waals surface area contributed by atoms with Crippen LogP contribution < -0.4 is 4.31 Å². The molecule has 3 rings (SSSR count). The van der Waals surface area contributed by atoms with Gasteiger partial charge in [-0.3, -0.25) is 9.10 Å². The first kappa shape index (κ1) is 20.3. The van der Waals surface area contributed by atoms with Crippen molar-refractivity contribution in [1.82, 2.24) is 4.90 Å². The van der Waals surface area contributed by atoms with Gasteiger partial charge in [0.05, 0.1) is 10.6 Å². The lowest BCUT2D eigenvalue weighted by Crippen LogP contribution is -2.45. The number of halogens is 1. The first-order valence-corrected chi connectivity index (χ1v) is 10.8. The topological polar surface area (TPSA) is 57.7 Å². The second-order valence-electron chi connectivity index (χ2n) is 7.36. The molecule has 0 saturated carbocycles. The van der Waals surface area contributed by atoms with Crippen LogP contribution in [0.3, 0.4) is 0 Å². The van der Waals surface area contributed by atoms with Crippen molar-refractivity contribution in [2.24, 2.45) is 5.92 Å². The van der Waals surface area contributed by atoms with Crippen molar-refractivity contribution in [1.29, 1.82) is 0 Å². The predicted octanol–water partition coefficient (Wildman–Crippen LogP) is 3.59. The van der Waals surface area contributed by atoms with Crippen LogP contribution in [0.25, 0.3) is 0 Å². The molecule has 2 aromatic rings. The number of aryl methyl sites for hydroxylation is 1. The normalized spacial score (nSPS) is 15.5. The highest BCUT2D eigenvalue weighted by Gasteiger charge is 2.30. The number of piperidine rings is 1. The van der Waals surface area contributed by atoms with Crippen molar-refractivity contribution < 1.29 is 17.6 Å². The van der Waals surface area contributed by atoms with E-state index in [1.165, 1.54) is 36.4 Å². The first-order chi connectivity index (χ1) is 13.3. The van der Waals surface area contributed by atoms with E-state index in [0.717, 1.165) is 22.7 Å². The Balaban J connectivity index is 1.92. The SMILES string of the molecule is Cc1ccc(S(=O)(=O)N(CC(=O)N2CCC(C)CC2)c2ccc(F)cc2)cc1. The van der Waals surface area contributed by atoms with Crippen molar-refractivity contribution in [2.45, 2.75) is 31.6 Å². The highest BCUT2D eigenvalue weighted by molar-refractivity contribution is 7.92. The first-order valence-electron chi connectivity index (χ1n) is 9.40. The molecule has 1 fully saturated rings. The number of carbonyl (C=O) groups is 1. The quantitative estimate of drug-likeness (QED) is 0.765. The minimum absolute atomic E-state index is 0.0995. The third-order valence-electron chi connectivity index (χ3n) is 5.14. The molecule has 0 unspecified atom stereocenters. The average Bonchev–Trinajstić information content (AvgIpc) is 2.67. The number of benzene rings is 2. The summed E-state index contributed by atoms with van der Waals surface area (Å²) in [5.74, 6) is -0.145. The third kappa shape index (κ3) is 4.52. The monoisotopic (exact) mass is 404 g/mol. The number of anilines is 1. The molecule has 0 bridgehead atoms. The van der Waals surface area contributed by atoms with E-state index in [9.17, 15) is 17.6 Å². The lowest BCUT2D eigenvalue weighted by Gasteiger charge is -2.32. The Morgan fingerprint density at radius 2 is 1.64 bits per heavy atom. The summed E-state index contributed by atoms with van der Waals surface area (Å²) in [5, 5.41) is 0. The molecular formula is C21H25FN2O3S. The Kier molecular flexibility index (Phi) is 6.03. The van der Waals surface area contributed by atoms with Crippen LogP contribution in [0, 0.1) is 18.7 Å². The molecule has 0 spiro atoms. The molecule has 1 saturated heterocycles.